The van der Waals surface area contributed by atoms with E-state index in [2.05, 4.69) is 51.4 Å². The molecule has 3 aromatic carbocycles. The molecule has 0 saturated carbocycles. The Morgan fingerprint density at radius 2 is 1.92 bits per heavy atom. The summed E-state index contributed by atoms with van der Waals surface area (Å²) >= 11 is 0. The molecule has 1 unspecified atom stereocenters. The molecule has 0 fully saturated rings. The maximum atomic E-state index is 13.0. The predicted octanol–water partition coefficient (Wildman–Crippen LogP) is 5.48. The van der Waals surface area contributed by atoms with Crippen molar-refractivity contribution in [2.45, 2.75) is 25.5 Å². The predicted molar refractivity (Wildman–Crippen MR) is 143 cm³/mol. The second-order valence-corrected chi connectivity index (χ2v) is 9.36. The van der Waals surface area contributed by atoms with Crippen LogP contribution in [0.15, 0.2) is 85.3 Å². The number of anilines is 1. The number of ether oxygens (including phenoxy) is 2. The quantitative estimate of drug-likeness (QED) is 0.326. The van der Waals surface area contributed by atoms with E-state index < -0.39 is 0 Å². The molecule has 186 valence electrons. The highest BCUT2D eigenvalue weighted by Crippen LogP contribution is 2.43. The fourth-order valence-electron chi connectivity index (χ4n) is 5.16. The van der Waals surface area contributed by atoms with Crippen molar-refractivity contribution in [3.05, 3.63) is 108 Å². The number of carbonyl (C=O) groups excluding carboxylic acids is 1. The highest BCUT2D eigenvalue weighted by Gasteiger charge is 2.28. The molecular weight excluding hydrogens is 464 g/mol. The number of amides is 1. The first-order valence-corrected chi connectivity index (χ1v) is 12.3. The van der Waals surface area contributed by atoms with E-state index in [1.165, 1.54) is 5.56 Å². The van der Waals surface area contributed by atoms with Crippen molar-refractivity contribution in [2.24, 2.45) is 7.05 Å². The van der Waals surface area contributed by atoms with Crippen molar-refractivity contribution in [3.8, 4) is 11.5 Å². The lowest BCUT2D eigenvalue weighted by Crippen LogP contribution is -2.14. The highest BCUT2D eigenvalue weighted by atomic mass is 16.5. The Hall–Kier alpha value is -4.52. The van der Waals surface area contributed by atoms with Gasteiger partial charge in [-0.25, -0.2) is 4.98 Å². The first-order chi connectivity index (χ1) is 18.1. The Morgan fingerprint density at radius 1 is 1.05 bits per heavy atom. The summed E-state index contributed by atoms with van der Waals surface area (Å²) in [5, 5.41) is 4.21. The molecule has 1 aliphatic heterocycles. The molecule has 1 N–H and O–H groups in total. The van der Waals surface area contributed by atoms with Gasteiger partial charge >= 0.3 is 0 Å². The van der Waals surface area contributed by atoms with Gasteiger partial charge < -0.3 is 23.9 Å². The van der Waals surface area contributed by atoms with Gasteiger partial charge in [-0.1, -0.05) is 42.5 Å². The number of aryl methyl sites for hydroxylation is 1. The van der Waals surface area contributed by atoms with E-state index in [0.29, 0.717) is 24.5 Å². The van der Waals surface area contributed by atoms with Crippen molar-refractivity contribution in [1.82, 2.24) is 14.1 Å². The summed E-state index contributed by atoms with van der Waals surface area (Å²) in [7, 11) is 3.57. The van der Waals surface area contributed by atoms with Crippen LogP contribution < -0.4 is 14.8 Å². The first kappa shape index (κ1) is 22.9. The van der Waals surface area contributed by atoms with Gasteiger partial charge in [0.15, 0.2) is 11.5 Å². The van der Waals surface area contributed by atoms with Gasteiger partial charge in [-0.15, -0.1) is 0 Å². The number of benzene rings is 3. The third kappa shape index (κ3) is 4.33. The van der Waals surface area contributed by atoms with E-state index in [0.717, 1.165) is 40.1 Å². The summed E-state index contributed by atoms with van der Waals surface area (Å²) in [6, 6.07) is 22.5. The fourth-order valence-corrected chi connectivity index (χ4v) is 5.16. The van der Waals surface area contributed by atoms with Gasteiger partial charge in [0.25, 0.3) is 0 Å². The second-order valence-electron chi connectivity index (χ2n) is 9.36. The molecular formula is C30H28N4O3. The van der Waals surface area contributed by atoms with Gasteiger partial charge in [0.1, 0.15) is 12.4 Å². The van der Waals surface area contributed by atoms with Crippen LogP contribution in [0, 0.1) is 0 Å². The molecule has 6 rings (SSSR count). The van der Waals surface area contributed by atoms with Gasteiger partial charge in [-0.2, -0.15) is 0 Å². The Labute approximate surface area is 215 Å². The highest BCUT2D eigenvalue weighted by molar-refractivity contribution is 6.06. The smallest absolute Gasteiger partial charge is 0.225 e. The largest absolute Gasteiger partial charge is 0.493 e. The molecule has 0 bridgehead atoms. The summed E-state index contributed by atoms with van der Waals surface area (Å²) in [5.74, 6) is 1.97. The molecule has 7 nitrogen and oxygen atoms in total. The zero-order valence-corrected chi connectivity index (χ0v) is 20.8. The van der Waals surface area contributed by atoms with E-state index >= 15 is 0 Å². The van der Waals surface area contributed by atoms with Crippen molar-refractivity contribution in [2.75, 3.05) is 12.4 Å². The average molecular weight is 493 g/mol. The average Bonchev–Trinajstić information content (AvgIpc) is 3.46. The number of imidazole rings is 1. The number of nitrogens with one attached hydrogen (secondary N) is 1. The molecule has 0 aliphatic carbocycles. The zero-order chi connectivity index (χ0) is 25.4. The third-order valence-electron chi connectivity index (χ3n) is 7.04. The summed E-state index contributed by atoms with van der Waals surface area (Å²) in [6.07, 6.45) is 6.18. The van der Waals surface area contributed by atoms with Crippen LogP contribution in [0.3, 0.4) is 0 Å². The topological polar surface area (TPSA) is 70.3 Å². The van der Waals surface area contributed by atoms with Crippen LogP contribution in [0.4, 0.5) is 5.69 Å². The number of hydrogen-bond donors (Lipinski definition) is 1. The van der Waals surface area contributed by atoms with Crippen LogP contribution in [0.5, 0.6) is 11.5 Å². The number of methoxy groups -OCH3 is 1. The summed E-state index contributed by atoms with van der Waals surface area (Å²) in [6.45, 7) is 1.09. The van der Waals surface area contributed by atoms with Crippen molar-refractivity contribution >= 4 is 22.5 Å². The van der Waals surface area contributed by atoms with E-state index in [9.17, 15) is 4.79 Å². The fraction of sp³-hybridized carbons (Fsp3) is 0.200. The number of aromatic nitrogens is 3. The zero-order valence-electron chi connectivity index (χ0n) is 20.8. The Balaban J connectivity index is 1.39. The second kappa shape index (κ2) is 9.50. The minimum atomic E-state index is -0.124. The lowest BCUT2D eigenvalue weighted by Gasteiger charge is -2.17. The monoisotopic (exact) mass is 492 g/mol. The molecule has 3 heterocycles. The van der Waals surface area contributed by atoms with Crippen LogP contribution in [0.2, 0.25) is 0 Å². The standard InChI is InChI=1S/C30H28N4O3/c1-33-14-13-31-28(33)19-37-26-12-11-21(15-27(26)36-2)22-16-29(35)32-24-9-6-10-25-30(24)23(22)18-34(25)17-20-7-4-3-5-8-20/h3-15,18,22H,16-17,19H2,1-2H3,(H,32,35). The Morgan fingerprint density at radius 3 is 2.70 bits per heavy atom. The molecule has 5 aromatic rings. The molecule has 0 radical (unpaired) electrons. The molecule has 0 saturated heterocycles. The van der Waals surface area contributed by atoms with E-state index in [1.54, 1.807) is 13.3 Å². The summed E-state index contributed by atoms with van der Waals surface area (Å²) in [4.78, 5) is 17.3. The van der Waals surface area contributed by atoms with Crippen molar-refractivity contribution in [3.63, 3.8) is 0 Å². The maximum Gasteiger partial charge on any atom is 0.225 e. The van der Waals surface area contributed by atoms with Crippen LogP contribution in [-0.4, -0.2) is 27.1 Å². The molecule has 1 atom stereocenters. The molecule has 1 amide bonds. The van der Waals surface area contributed by atoms with Gasteiger partial charge in [-0.05, 0) is 41.0 Å². The molecule has 7 heteroatoms. The SMILES string of the molecule is COc1cc(C2CC(=O)Nc3cccc4c3c2cn4Cc2ccccc2)ccc1OCc1nccn1C. The van der Waals surface area contributed by atoms with Gasteiger partial charge in [0.2, 0.25) is 5.91 Å². The summed E-state index contributed by atoms with van der Waals surface area (Å²) < 4.78 is 15.9. The minimum Gasteiger partial charge on any atom is -0.493 e. The van der Waals surface area contributed by atoms with Crippen LogP contribution in [0.25, 0.3) is 10.9 Å². The summed E-state index contributed by atoms with van der Waals surface area (Å²) in [5.41, 5.74) is 5.32. The number of hydrogen-bond acceptors (Lipinski definition) is 4. The van der Waals surface area contributed by atoms with Crippen LogP contribution in [0.1, 0.15) is 34.9 Å². The maximum absolute atomic E-state index is 13.0. The molecule has 37 heavy (non-hydrogen) atoms. The van der Waals surface area contributed by atoms with Crippen molar-refractivity contribution < 1.29 is 14.3 Å². The van der Waals surface area contributed by atoms with Crippen molar-refractivity contribution in [1.29, 1.82) is 0 Å². The first-order valence-electron chi connectivity index (χ1n) is 12.3. The lowest BCUT2D eigenvalue weighted by molar-refractivity contribution is -0.116. The van der Waals surface area contributed by atoms with Crippen LogP contribution in [-0.2, 0) is 25.0 Å². The van der Waals surface area contributed by atoms with E-state index in [-0.39, 0.29) is 11.8 Å². The minimum absolute atomic E-state index is 0.00242. The molecule has 2 aromatic heterocycles. The van der Waals surface area contributed by atoms with Gasteiger partial charge in [0, 0.05) is 49.9 Å². The lowest BCUT2D eigenvalue weighted by atomic mass is 9.88. The number of carbonyl (C=O) groups is 1. The number of rotatable bonds is 7. The molecule has 0 spiro atoms. The van der Waals surface area contributed by atoms with Gasteiger partial charge in [0.05, 0.1) is 18.3 Å². The Bertz CT molecular complexity index is 1590. The van der Waals surface area contributed by atoms with E-state index in [1.807, 2.05) is 54.2 Å². The Kier molecular flexibility index (Phi) is 5.88. The van der Waals surface area contributed by atoms with E-state index in [4.69, 9.17) is 9.47 Å². The van der Waals surface area contributed by atoms with Crippen LogP contribution >= 0.6 is 0 Å². The van der Waals surface area contributed by atoms with Gasteiger partial charge in [-0.3, -0.25) is 4.79 Å². The third-order valence-corrected chi connectivity index (χ3v) is 7.04. The molecule has 1 aliphatic rings. The normalized spacial score (nSPS) is 14.9. The number of nitrogens with zero attached hydrogens (tertiary/aromatic N) is 3.